The van der Waals surface area contributed by atoms with Gasteiger partial charge in [0.15, 0.2) is 0 Å². The molecular formula is C17H23N3O2. The molecule has 2 atom stereocenters. The Balaban J connectivity index is 1.82. The molecule has 3 heterocycles. The monoisotopic (exact) mass is 301 g/mol. The number of nitrogens with zero attached hydrogens (tertiary/aromatic N) is 3. The fraction of sp³-hybridized carbons (Fsp3) is 0.588. The summed E-state index contributed by atoms with van der Waals surface area (Å²) in [5.74, 6) is 0.418. The van der Waals surface area contributed by atoms with Crippen LogP contribution in [-0.2, 0) is 4.79 Å². The second-order valence-electron chi connectivity index (χ2n) is 6.63. The van der Waals surface area contributed by atoms with E-state index >= 15 is 0 Å². The minimum atomic E-state index is -0.372. The van der Waals surface area contributed by atoms with Gasteiger partial charge in [0.2, 0.25) is 5.91 Å². The summed E-state index contributed by atoms with van der Waals surface area (Å²) in [6.07, 6.45) is 4.21. The maximum absolute atomic E-state index is 12.7. The van der Waals surface area contributed by atoms with Crippen molar-refractivity contribution in [1.29, 1.82) is 0 Å². The van der Waals surface area contributed by atoms with E-state index in [2.05, 4.69) is 11.9 Å². The van der Waals surface area contributed by atoms with Crippen LogP contribution in [0.3, 0.4) is 0 Å². The van der Waals surface area contributed by atoms with E-state index in [4.69, 9.17) is 0 Å². The number of hydrogen-bond acceptors (Lipinski definition) is 3. The van der Waals surface area contributed by atoms with E-state index in [1.807, 2.05) is 29.7 Å². The summed E-state index contributed by atoms with van der Waals surface area (Å²) in [5, 5.41) is 0. The van der Waals surface area contributed by atoms with Gasteiger partial charge in [-0.05, 0) is 37.8 Å². The number of carbonyl (C=O) groups excluding carboxylic acids is 2. The summed E-state index contributed by atoms with van der Waals surface area (Å²) in [7, 11) is 0. The highest BCUT2D eigenvalue weighted by Gasteiger charge is 2.55. The molecule has 0 aliphatic carbocycles. The first-order chi connectivity index (χ1) is 10.5. The van der Waals surface area contributed by atoms with E-state index in [0.717, 1.165) is 25.1 Å². The van der Waals surface area contributed by atoms with Gasteiger partial charge in [-0.15, -0.1) is 0 Å². The molecule has 3 rings (SSSR count). The number of pyridine rings is 1. The average Bonchev–Trinajstić information content (AvgIpc) is 3.01. The zero-order valence-corrected chi connectivity index (χ0v) is 13.5. The maximum atomic E-state index is 12.7. The van der Waals surface area contributed by atoms with Crippen molar-refractivity contribution in [3.8, 4) is 0 Å². The molecule has 2 saturated heterocycles. The molecule has 0 unspecified atom stereocenters. The van der Waals surface area contributed by atoms with Crippen molar-refractivity contribution < 1.29 is 9.59 Å². The number of aromatic nitrogens is 1. The molecule has 2 aliphatic rings. The van der Waals surface area contributed by atoms with Gasteiger partial charge in [0.25, 0.3) is 5.91 Å². The summed E-state index contributed by atoms with van der Waals surface area (Å²) < 4.78 is 0. The van der Waals surface area contributed by atoms with Crippen LogP contribution in [0.1, 0.15) is 36.2 Å². The van der Waals surface area contributed by atoms with Crippen LogP contribution >= 0.6 is 0 Å². The van der Waals surface area contributed by atoms with E-state index in [9.17, 15) is 9.59 Å². The first-order valence-corrected chi connectivity index (χ1v) is 7.98. The zero-order chi connectivity index (χ0) is 15.9. The fourth-order valence-corrected chi connectivity index (χ4v) is 3.84. The van der Waals surface area contributed by atoms with Crippen molar-refractivity contribution >= 4 is 11.8 Å². The minimum Gasteiger partial charge on any atom is -0.342 e. The number of aryl methyl sites for hydroxylation is 1. The third kappa shape index (κ3) is 2.19. The number of hydrogen-bond donors (Lipinski definition) is 0. The van der Waals surface area contributed by atoms with Gasteiger partial charge in [0.1, 0.15) is 0 Å². The van der Waals surface area contributed by atoms with Crippen molar-refractivity contribution in [3.05, 3.63) is 29.6 Å². The molecule has 2 fully saturated rings. The second-order valence-corrected chi connectivity index (χ2v) is 6.63. The summed E-state index contributed by atoms with van der Waals surface area (Å²) in [6, 6.07) is 1.86. The van der Waals surface area contributed by atoms with Crippen molar-refractivity contribution in [2.75, 3.05) is 26.2 Å². The van der Waals surface area contributed by atoms with Gasteiger partial charge in [-0.2, -0.15) is 0 Å². The van der Waals surface area contributed by atoms with Crippen molar-refractivity contribution in [2.45, 2.75) is 27.2 Å². The Morgan fingerprint density at radius 3 is 2.86 bits per heavy atom. The van der Waals surface area contributed by atoms with Crippen molar-refractivity contribution in [1.82, 2.24) is 14.8 Å². The summed E-state index contributed by atoms with van der Waals surface area (Å²) in [4.78, 5) is 33.3. The van der Waals surface area contributed by atoms with Crippen molar-refractivity contribution in [2.24, 2.45) is 11.3 Å². The summed E-state index contributed by atoms with van der Waals surface area (Å²) in [5.41, 5.74) is 1.21. The van der Waals surface area contributed by atoms with E-state index < -0.39 is 0 Å². The molecule has 0 radical (unpaired) electrons. The fourth-order valence-electron chi connectivity index (χ4n) is 3.84. The Labute approximate surface area is 131 Å². The Hall–Kier alpha value is -1.91. The number of rotatable bonds is 2. The maximum Gasteiger partial charge on any atom is 0.255 e. The second kappa shape index (κ2) is 5.38. The lowest BCUT2D eigenvalue weighted by molar-refractivity contribution is -0.136. The van der Waals surface area contributed by atoms with Crippen LogP contribution in [0.5, 0.6) is 0 Å². The highest BCUT2D eigenvalue weighted by molar-refractivity contribution is 5.95. The predicted molar refractivity (Wildman–Crippen MR) is 83.3 cm³/mol. The molecule has 2 aliphatic heterocycles. The molecule has 1 spiro atoms. The minimum absolute atomic E-state index is 0.0114. The standard InChI is InChI=1S/C17H23N3O2/c1-4-19-6-5-17(16(19)22)11-20(10-13(17)3)15(21)14-7-12(2)8-18-9-14/h7-9,13H,4-6,10-11H2,1-3H3/t13-,17-/m1/s1. The first kappa shape index (κ1) is 15.0. The van der Waals surface area contributed by atoms with Gasteiger partial charge >= 0.3 is 0 Å². The molecule has 5 heteroatoms. The Kier molecular flexibility index (Phi) is 3.67. The average molecular weight is 301 g/mol. The van der Waals surface area contributed by atoms with Gasteiger partial charge in [0, 0.05) is 38.6 Å². The molecule has 118 valence electrons. The number of amides is 2. The third-order valence-electron chi connectivity index (χ3n) is 5.24. The van der Waals surface area contributed by atoms with Gasteiger partial charge in [-0.1, -0.05) is 6.92 Å². The highest BCUT2D eigenvalue weighted by atomic mass is 16.2. The molecule has 22 heavy (non-hydrogen) atoms. The van der Waals surface area contributed by atoms with Crippen LogP contribution in [0.4, 0.5) is 0 Å². The van der Waals surface area contributed by atoms with Gasteiger partial charge in [-0.25, -0.2) is 0 Å². The predicted octanol–water partition coefficient (Wildman–Crippen LogP) is 1.72. The molecule has 0 N–H and O–H groups in total. The molecule has 0 bridgehead atoms. The van der Waals surface area contributed by atoms with Crippen LogP contribution < -0.4 is 0 Å². The number of carbonyl (C=O) groups is 2. The largest absolute Gasteiger partial charge is 0.342 e. The van der Waals surface area contributed by atoms with Crippen LogP contribution in [0, 0.1) is 18.3 Å². The lowest BCUT2D eigenvalue weighted by atomic mass is 9.78. The molecule has 0 saturated carbocycles. The topological polar surface area (TPSA) is 53.5 Å². The molecular weight excluding hydrogens is 278 g/mol. The molecule has 1 aromatic heterocycles. The van der Waals surface area contributed by atoms with Crippen molar-refractivity contribution in [3.63, 3.8) is 0 Å². The SMILES string of the molecule is CCN1CC[C@]2(CN(C(=O)c3cncc(C)c3)C[C@H]2C)C1=O. The normalized spacial score (nSPS) is 28.0. The third-order valence-corrected chi connectivity index (χ3v) is 5.24. The lowest BCUT2D eigenvalue weighted by Crippen LogP contribution is -2.40. The van der Waals surface area contributed by atoms with Crippen LogP contribution in [0.2, 0.25) is 0 Å². The molecule has 0 aromatic carbocycles. The Bertz CT molecular complexity index is 616. The van der Waals surface area contributed by atoms with E-state index in [0.29, 0.717) is 18.7 Å². The van der Waals surface area contributed by atoms with E-state index in [1.54, 1.807) is 12.4 Å². The molecule has 5 nitrogen and oxygen atoms in total. The molecule has 2 amide bonds. The Morgan fingerprint density at radius 2 is 2.23 bits per heavy atom. The Morgan fingerprint density at radius 1 is 1.45 bits per heavy atom. The lowest BCUT2D eigenvalue weighted by Gasteiger charge is -2.26. The van der Waals surface area contributed by atoms with Gasteiger partial charge < -0.3 is 9.80 Å². The summed E-state index contributed by atoms with van der Waals surface area (Å²) >= 11 is 0. The quantitative estimate of drug-likeness (QED) is 0.836. The summed E-state index contributed by atoms with van der Waals surface area (Å²) in [6.45, 7) is 8.79. The van der Waals surface area contributed by atoms with Crippen LogP contribution in [0.25, 0.3) is 0 Å². The van der Waals surface area contributed by atoms with Crippen LogP contribution in [0.15, 0.2) is 18.5 Å². The first-order valence-electron chi connectivity index (χ1n) is 7.98. The van der Waals surface area contributed by atoms with Gasteiger partial charge in [-0.3, -0.25) is 14.6 Å². The van der Waals surface area contributed by atoms with E-state index in [1.165, 1.54) is 0 Å². The highest BCUT2D eigenvalue weighted by Crippen LogP contribution is 2.44. The zero-order valence-electron chi connectivity index (χ0n) is 13.5. The smallest absolute Gasteiger partial charge is 0.255 e. The molecule has 1 aromatic rings. The van der Waals surface area contributed by atoms with E-state index in [-0.39, 0.29) is 23.1 Å². The van der Waals surface area contributed by atoms with Gasteiger partial charge in [0.05, 0.1) is 11.0 Å². The number of likely N-dealkylation sites (tertiary alicyclic amines) is 2. The van der Waals surface area contributed by atoms with Crippen LogP contribution in [-0.4, -0.2) is 52.8 Å².